The van der Waals surface area contributed by atoms with E-state index in [1.165, 1.54) is 0 Å². The van der Waals surface area contributed by atoms with Gasteiger partial charge in [0.15, 0.2) is 0 Å². The van der Waals surface area contributed by atoms with Crippen LogP contribution in [0.25, 0.3) is 0 Å². The molecule has 2 unspecified atom stereocenters. The van der Waals surface area contributed by atoms with Crippen molar-refractivity contribution in [2.45, 2.75) is 12.3 Å². The van der Waals surface area contributed by atoms with E-state index in [0.29, 0.717) is 6.61 Å². The maximum atomic E-state index is 5.56. The Bertz CT molecular complexity index is 287. The molecule has 2 atom stereocenters. The molecule has 2 rings (SSSR count). The number of ether oxygens (including phenoxy) is 2. The van der Waals surface area contributed by atoms with E-state index in [1.807, 2.05) is 44.4 Å². The van der Waals surface area contributed by atoms with Gasteiger partial charge in [0.2, 0.25) is 0 Å². The molecule has 14 heavy (non-hydrogen) atoms. The molecule has 0 N–H and O–H groups in total. The largest absolute Gasteiger partial charge is 0.491 e. The first kappa shape index (κ1) is 9.49. The molecule has 1 aliphatic rings. The van der Waals surface area contributed by atoms with Gasteiger partial charge >= 0.3 is 0 Å². The Labute approximate surface area is 84.2 Å². The second kappa shape index (κ2) is 3.98. The second-order valence-corrected chi connectivity index (χ2v) is 3.65. The van der Waals surface area contributed by atoms with Crippen LogP contribution in [0.5, 0.6) is 5.75 Å². The molecule has 1 aromatic carbocycles. The zero-order chi connectivity index (χ0) is 9.97. The normalized spacial score (nSPS) is 25.1. The number of benzene rings is 1. The molecular formula is C11H15NO2. The standard InChI is InChI=1S/C11H15NO2/c1-12(2)11-10(14-11)8-13-9-6-4-3-5-7-9/h3-7,10-11H,8H2,1-2H3. The van der Waals surface area contributed by atoms with Crippen LogP contribution >= 0.6 is 0 Å². The third-order valence-corrected chi connectivity index (χ3v) is 2.22. The third kappa shape index (κ3) is 2.25. The Morgan fingerprint density at radius 1 is 1.29 bits per heavy atom. The molecule has 0 aliphatic carbocycles. The van der Waals surface area contributed by atoms with Gasteiger partial charge in [0.25, 0.3) is 0 Å². The molecule has 0 spiro atoms. The van der Waals surface area contributed by atoms with Crippen molar-refractivity contribution in [1.82, 2.24) is 4.90 Å². The first-order chi connectivity index (χ1) is 6.77. The van der Waals surface area contributed by atoms with Crippen molar-refractivity contribution in [3.8, 4) is 5.75 Å². The van der Waals surface area contributed by atoms with E-state index < -0.39 is 0 Å². The first-order valence-electron chi connectivity index (χ1n) is 4.77. The van der Waals surface area contributed by atoms with Crippen LogP contribution in [0.3, 0.4) is 0 Å². The van der Waals surface area contributed by atoms with Crippen molar-refractivity contribution in [2.75, 3.05) is 20.7 Å². The molecule has 3 heteroatoms. The first-order valence-corrected chi connectivity index (χ1v) is 4.77. The molecule has 0 bridgehead atoms. The minimum Gasteiger partial charge on any atom is -0.491 e. The van der Waals surface area contributed by atoms with Crippen molar-refractivity contribution in [3.05, 3.63) is 30.3 Å². The number of rotatable bonds is 4. The summed E-state index contributed by atoms with van der Waals surface area (Å²) in [5.41, 5.74) is 0. The van der Waals surface area contributed by atoms with E-state index in [2.05, 4.69) is 4.90 Å². The van der Waals surface area contributed by atoms with Crippen molar-refractivity contribution in [3.63, 3.8) is 0 Å². The summed E-state index contributed by atoms with van der Waals surface area (Å²) >= 11 is 0. The Hall–Kier alpha value is -1.06. The number of para-hydroxylation sites is 1. The summed E-state index contributed by atoms with van der Waals surface area (Å²) in [6.07, 6.45) is 0.462. The SMILES string of the molecule is CN(C)C1OC1COc1ccccc1. The molecule has 0 aromatic heterocycles. The highest BCUT2D eigenvalue weighted by atomic mass is 16.6. The van der Waals surface area contributed by atoms with E-state index in [0.717, 1.165) is 5.75 Å². The number of nitrogens with zero attached hydrogens (tertiary/aromatic N) is 1. The number of hydrogen-bond donors (Lipinski definition) is 0. The van der Waals surface area contributed by atoms with Gasteiger partial charge in [0.05, 0.1) is 0 Å². The zero-order valence-electron chi connectivity index (χ0n) is 8.51. The van der Waals surface area contributed by atoms with Gasteiger partial charge in [-0.25, -0.2) is 0 Å². The molecule has 1 aliphatic heterocycles. The Kier molecular flexibility index (Phi) is 2.70. The van der Waals surface area contributed by atoms with Crippen LogP contribution in [0.15, 0.2) is 30.3 Å². The Morgan fingerprint density at radius 2 is 2.00 bits per heavy atom. The van der Waals surface area contributed by atoms with Crippen molar-refractivity contribution in [1.29, 1.82) is 0 Å². The maximum Gasteiger partial charge on any atom is 0.140 e. The average molecular weight is 193 g/mol. The molecule has 1 heterocycles. The maximum absolute atomic E-state index is 5.56. The fourth-order valence-electron chi connectivity index (χ4n) is 1.40. The predicted molar refractivity (Wildman–Crippen MR) is 54.3 cm³/mol. The monoisotopic (exact) mass is 193 g/mol. The van der Waals surface area contributed by atoms with Gasteiger partial charge in [-0.3, -0.25) is 4.90 Å². The average Bonchev–Trinajstić information content (AvgIpc) is 2.96. The summed E-state index contributed by atoms with van der Waals surface area (Å²) in [7, 11) is 4.01. The molecule has 0 radical (unpaired) electrons. The van der Waals surface area contributed by atoms with Crippen LogP contribution in [0.2, 0.25) is 0 Å². The highest BCUT2D eigenvalue weighted by molar-refractivity contribution is 5.21. The molecular weight excluding hydrogens is 178 g/mol. The van der Waals surface area contributed by atoms with E-state index in [4.69, 9.17) is 9.47 Å². The minimum absolute atomic E-state index is 0.227. The van der Waals surface area contributed by atoms with E-state index in [9.17, 15) is 0 Å². The predicted octanol–water partition coefficient (Wildman–Crippen LogP) is 1.35. The van der Waals surface area contributed by atoms with Crippen LogP contribution in [-0.4, -0.2) is 37.9 Å². The summed E-state index contributed by atoms with van der Waals surface area (Å²) in [5, 5.41) is 0. The summed E-state index contributed by atoms with van der Waals surface area (Å²) in [6, 6.07) is 9.81. The smallest absolute Gasteiger partial charge is 0.140 e. The van der Waals surface area contributed by atoms with Crippen molar-refractivity contribution >= 4 is 0 Å². The lowest BCUT2D eigenvalue weighted by Crippen LogP contribution is -2.20. The molecule has 76 valence electrons. The molecule has 1 saturated heterocycles. The van der Waals surface area contributed by atoms with Crippen LogP contribution in [-0.2, 0) is 4.74 Å². The lowest BCUT2D eigenvalue weighted by atomic mass is 10.3. The van der Waals surface area contributed by atoms with E-state index in [1.54, 1.807) is 0 Å². The van der Waals surface area contributed by atoms with Gasteiger partial charge in [0.1, 0.15) is 24.7 Å². The molecule has 1 fully saturated rings. The second-order valence-electron chi connectivity index (χ2n) is 3.65. The van der Waals surface area contributed by atoms with Gasteiger partial charge in [0, 0.05) is 0 Å². The lowest BCUT2D eigenvalue weighted by molar-refractivity contribution is 0.231. The van der Waals surface area contributed by atoms with Crippen LogP contribution < -0.4 is 4.74 Å². The van der Waals surface area contributed by atoms with E-state index in [-0.39, 0.29) is 12.3 Å². The fourth-order valence-corrected chi connectivity index (χ4v) is 1.40. The summed E-state index contributed by atoms with van der Waals surface area (Å²) in [5.74, 6) is 0.903. The third-order valence-electron chi connectivity index (χ3n) is 2.22. The van der Waals surface area contributed by atoms with Gasteiger partial charge in [-0.05, 0) is 26.2 Å². The highest BCUT2D eigenvalue weighted by Gasteiger charge is 2.41. The van der Waals surface area contributed by atoms with Gasteiger partial charge in [-0.2, -0.15) is 0 Å². The molecule has 1 aromatic rings. The Balaban J connectivity index is 1.75. The van der Waals surface area contributed by atoms with Gasteiger partial charge in [-0.1, -0.05) is 18.2 Å². The zero-order valence-corrected chi connectivity index (χ0v) is 8.51. The molecule has 3 nitrogen and oxygen atoms in total. The lowest BCUT2D eigenvalue weighted by Gasteiger charge is -2.05. The molecule has 0 saturated carbocycles. The summed E-state index contributed by atoms with van der Waals surface area (Å²) in [6.45, 7) is 0.632. The van der Waals surface area contributed by atoms with Crippen molar-refractivity contribution < 1.29 is 9.47 Å². The van der Waals surface area contributed by atoms with Gasteiger partial charge in [-0.15, -0.1) is 0 Å². The molecule has 0 amide bonds. The topological polar surface area (TPSA) is 25.0 Å². The van der Waals surface area contributed by atoms with Gasteiger partial charge < -0.3 is 9.47 Å². The Morgan fingerprint density at radius 3 is 2.57 bits per heavy atom. The highest BCUT2D eigenvalue weighted by Crippen LogP contribution is 2.24. The summed E-state index contributed by atoms with van der Waals surface area (Å²) < 4.78 is 11.0. The minimum atomic E-state index is 0.227. The van der Waals surface area contributed by atoms with Crippen LogP contribution in [0.4, 0.5) is 0 Å². The summed E-state index contributed by atoms with van der Waals surface area (Å²) in [4.78, 5) is 2.05. The quantitative estimate of drug-likeness (QED) is 0.675. The fraction of sp³-hybridized carbons (Fsp3) is 0.455. The number of likely N-dealkylation sites (N-methyl/N-ethyl adjacent to an activating group) is 1. The number of hydrogen-bond acceptors (Lipinski definition) is 3. The van der Waals surface area contributed by atoms with Crippen LogP contribution in [0.1, 0.15) is 0 Å². The van der Waals surface area contributed by atoms with E-state index >= 15 is 0 Å². The van der Waals surface area contributed by atoms with Crippen LogP contribution in [0, 0.1) is 0 Å². The van der Waals surface area contributed by atoms with Crippen molar-refractivity contribution in [2.24, 2.45) is 0 Å². The number of epoxide rings is 1.